The quantitative estimate of drug-likeness (QED) is 0.896. The van der Waals surface area contributed by atoms with Crippen molar-refractivity contribution in [2.45, 2.75) is 18.9 Å². The smallest absolute Gasteiger partial charge is 0.126 e. The number of hydrogen-bond acceptors (Lipinski definition) is 3. The van der Waals surface area contributed by atoms with Crippen molar-refractivity contribution in [1.82, 2.24) is 0 Å². The van der Waals surface area contributed by atoms with Crippen LogP contribution in [0.5, 0.6) is 5.75 Å². The Morgan fingerprint density at radius 3 is 2.52 bits per heavy atom. The van der Waals surface area contributed by atoms with Crippen LogP contribution in [0.2, 0.25) is 5.02 Å². The summed E-state index contributed by atoms with van der Waals surface area (Å²) in [6.07, 6.45) is 0.513. The van der Waals surface area contributed by atoms with E-state index in [4.69, 9.17) is 16.3 Å². The summed E-state index contributed by atoms with van der Waals surface area (Å²) in [5.41, 5.74) is 0.946. The first-order chi connectivity index (χ1) is 10.1. The highest BCUT2D eigenvalue weighted by Gasteiger charge is 2.26. The molecule has 2 aromatic rings. The zero-order valence-corrected chi connectivity index (χ0v) is 12.8. The van der Waals surface area contributed by atoms with Crippen molar-refractivity contribution in [2.24, 2.45) is 0 Å². The molecule has 0 radical (unpaired) electrons. The summed E-state index contributed by atoms with van der Waals surface area (Å²) in [4.78, 5) is 0. The SMILES string of the molecule is COc1ccccc1CC(C)(C#N)Nc1ccccc1Cl. The van der Waals surface area contributed by atoms with E-state index in [1.807, 2.05) is 49.4 Å². The molecule has 0 aromatic heterocycles. The molecule has 0 saturated carbocycles. The van der Waals surface area contributed by atoms with Gasteiger partial charge < -0.3 is 10.1 Å². The molecule has 2 rings (SSSR count). The predicted octanol–water partition coefficient (Wildman–Crippen LogP) is 4.29. The minimum absolute atomic E-state index is 0.513. The molecule has 0 bridgehead atoms. The molecular formula is C17H17ClN2O. The van der Waals surface area contributed by atoms with Gasteiger partial charge in [0, 0.05) is 6.42 Å². The van der Waals surface area contributed by atoms with Gasteiger partial charge in [0.05, 0.1) is 23.9 Å². The van der Waals surface area contributed by atoms with E-state index in [0.29, 0.717) is 11.4 Å². The zero-order chi connectivity index (χ0) is 15.3. The lowest BCUT2D eigenvalue weighted by Gasteiger charge is -2.26. The van der Waals surface area contributed by atoms with Crippen LogP contribution >= 0.6 is 11.6 Å². The molecule has 1 unspecified atom stereocenters. The van der Waals surface area contributed by atoms with E-state index in [0.717, 1.165) is 17.0 Å². The number of nitrogens with one attached hydrogen (secondary N) is 1. The summed E-state index contributed by atoms with van der Waals surface area (Å²) in [5.74, 6) is 0.778. The van der Waals surface area contributed by atoms with Crippen LogP contribution in [-0.4, -0.2) is 12.6 Å². The Bertz CT molecular complexity index is 666. The molecule has 0 fully saturated rings. The Morgan fingerprint density at radius 1 is 1.19 bits per heavy atom. The summed E-state index contributed by atoms with van der Waals surface area (Å²) < 4.78 is 5.35. The van der Waals surface area contributed by atoms with E-state index < -0.39 is 5.54 Å². The van der Waals surface area contributed by atoms with Crippen LogP contribution in [0.3, 0.4) is 0 Å². The number of nitriles is 1. The Balaban J connectivity index is 2.26. The molecule has 0 aliphatic heterocycles. The van der Waals surface area contributed by atoms with Crippen LogP contribution in [0, 0.1) is 11.3 Å². The van der Waals surface area contributed by atoms with Gasteiger partial charge in [-0.15, -0.1) is 0 Å². The van der Waals surface area contributed by atoms with Crippen LogP contribution in [0.4, 0.5) is 5.69 Å². The molecule has 0 heterocycles. The van der Waals surface area contributed by atoms with Gasteiger partial charge in [-0.25, -0.2) is 0 Å². The number of anilines is 1. The molecule has 21 heavy (non-hydrogen) atoms. The lowest BCUT2D eigenvalue weighted by Crippen LogP contribution is -2.35. The molecule has 0 spiro atoms. The van der Waals surface area contributed by atoms with Gasteiger partial charge in [0.1, 0.15) is 11.3 Å². The summed E-state index contributed by atoms with van der Waals surface area (Å²) in [6, 6.07) is 17.4. The molecule has 108 valence electrons. The maximum Gasteiger partial charge on any atom is 0.126 e. The normalized spacial score (nSPS) is 13.0. The van der Waals surface area contributed by atoms with Crippen LogP contribution in [0.15, 0.2) is 48.5 Å². The maximum atomic E-state index is 9.57. The summed E-state index contributed by atoms with van der Waals surface area (Å²) in [6.45, 7) is 1.85. The van der Waals surface area contributed by atoms with E-state index in [1.165, 1.54) is 0 Å². The van der Waals surface area contributed by atoms with Crippen molar-refractivity contribution in [3.63, 3.8) is 0 Å². The van der Waals surface area contributed by atoms with Gasteiger partial charge in [-0.2, -0.15) is 5.26 Å². The minimum atomic E-state index is -0.778. The van der Waals surface area contributed by atoms with E-state index in [9.17, 15) is 5.26 Å². The molecule has 4 heteroatoms. The average molecular weight is 301 g/mol. The summed E-state index contributed by atoms with van der Waals surface area (Å²) >= 11 is 6.15. The Morgan fingerprint density at radius 2 is 1.86 bits per heavy atom. The van der Waals surface area contributed by atoms with Crippen LogP contribution in [0.1, 0.15) is 12.5 Å². The van der Waals surface area contributed by atoms with Crippen molar-refractivity contribution in [3.8, 4) is 11.8 Å². The third kappa shape index (κ3) is 3.68. The van der Waals surface area contributed by atoms with Gasteiger partial charge in [-0.05, 0) is 30.7 Å². The Hall–Kier alpha value is -2.18. The zero-order valence-electron chi connectivity index (χ0n) is 12.1. The number of methoxy groups -OCH3 is 1. The van der Waals surface area contributed by atoms with Crippen molar-refractivity contribution in [2.75, 3.05) is 12.4 Å². The average Bonchev–Trinajstić information content (AvgIpc) is 2.50. The highest BCUT2D eigenvalue weighted by molar-refractivity contribution is 6.33. The lowest BCUT2D eigenvalue weighted by molar-refractivity contribution is 0.407. The van der Waals surface area contributed by atoms with Crippen LogP contribution < -0.4 is 10.1 Å². The summed E-state index contributed by atoms with van der Waals surface area (Å²) in [5, 5.41) is 13.4. The van der Waals surface area contributed by atoms with Crippen molar-refractivity contribution < 1.29 is 4.74 Å². The van der Waals surface area contributed by atoms with E-state index >= 15 is 0 Å². The highest BCUT2D eigenvalue weighted by atomic mass is 35.5. The molecule has 1 atom stereocenters. The maximum absolute atomic E-state index is 9.57. The van der Waals surface area contributed by atoms with E-state index in [1.54, 1.807) is 13.2 Å². The molecule has 2 aromatic carbocycles. The standard InChI is InChI=1S/C17H17ClN2O/c1-17(12-19,20-15-9-5-4-8-14(15)18)11-13-7-3-6-10-16(13)21-2/h3-10,20H,11H2,1-2H3. The van der Waals surface area contributed by atoms with E-state index in [2.05, 4.69) is 11.4 Å². The number of nitrogens with zero attached hydrogens (tertiary/aromatic N) is 1. The largest absolute Gasteiger partial charge is 0.496 e. The molecule has 0 aliphatic rings. The van der Waals surface area contributed by atoms with Crippen molar-refractivity contribution in [1.29, 1.82) is 5.26 Å². The fourth-order valence-electron chi connectivity index (χ4n) is 2.20. The number of rotatable bonds is 5. The predicted molar refractivity (Wildman–Crippen MR) is 85.8 cm³/mol. The number of benzene rings is 2. The van der Waals surface area contributed by atoms with Gasteiger partial charge in [0.15, 0.2) is 0 Å². The number of ether oxygens (including phenoxy) is 1. The van der Waals surface area contributed by atoms with Gasteiger partial charge in [-0.1, -0.05) is 41.9 Å². The third-order valence-corrected chi connectivity index (χ3v) is 3.60. The Kier molecular flexibility index (Phi) is 4.72. The van der Waals surface area contributed by atoms with Crippen molar-refractivity contribution in [3.05, 3.63) is 59.1 Å². The van der Waals surface area contributed by atoms with Gasteiger partial charge in [0.2, 0.25) is 0 Å². The van der Waals surface area contributed by atoms with Crippen molar-refractivity contribution >= 4 is 17.3 Å². The molecule has 0 aliphatic carbocycles. The van der Waals surface area contributed by atoms with Gasteiger partial charge in [0.25, 0.3) is 0 Å². The second-order valence-corrected chi connectivity index (χ2v) is 5.44. The molecular weight excluding hydrogens is 284 g/mol. The number of hydrogen-bond donors (Lipinski definition) is 1. The molecule has 0 saturated heterocycles. The lowest BCUT2D eigenvalue weighted by atomic mass is 9.93. The van der Waals surface area contributed by atoms with Gasteiger partial charge in [-0.3, -0.25) is 0 Å². The fourth-order valence-corrected chi connectivity index (χ4v) is 2.38. The molecule has 3 nitrogen and oxygen atoms in total. The van der Waals surface area contributed by atoms with Crippen LogP contribution in [-0.2, 0) is 6.42 Å². The third-order valence-electron chi connectivity index (χ3n) is 3.27. The second kappa shape index (κ2) is 6.51. The second-order valence-electron chi connectivity index (χ2n) is 5.04. The van der Waals surface area contributed by atoms with E-state index in [-0.39, 0.29) is 0 Å². The topological polar surface area (TPSA) is 45.0 Å². The first-order valence-corrected chi connectivity index (χ1v) is 7.01. The number of halogens is 1. The first-order valence-electron chi connectivity index (χ1n) is 6.64. The monoisotopic (exact) mass is 300 g/mol. The highest BCUT2D eigenvalue weighted by Crippen LogP contribution is 2.28. The molecule has 0 amide bonds. The Labute approximate surface area is 130 Å². The van der Waals surface area contributed by atoms with Crippen LogP contribution in [0.25, 0.3) is 0 Å². The summed E-state index contributed by atoms with van der Waals surface area (Å²) in [7, 11) is 1.63. The number of para-hydroxylation sites is 2. The minimum Gasteiger partial charge on any atom is -0.496 e. The molecule has 1 N–H and O–H groups in total. The van der Waals surface area contributed by atoms with Gasteiger partial charge >= 0.3 is 0 Å². The fraction of sp³-hybridized carbons (Fsp3) is 0.235. The first kappa shape index (κ1) is 15.2.